The number of carboxylic acid groups (broad SMARTS) is 1. The third-order valence-corrected chi connectivity index (χ3v) is 3.79. The number of benzene rings is 2. The molecule has 1 N–H and O–H groups in total. The second kappa shape index (κ2) is 5.82. The van der Waals surface area contributed by atoms with E-state index in [0.29, 0.717) is 11.1 Å². The summed E-state index contributed by atoms with van der Waals surface area (Å²) in [6.07, 6.45) is -5.01. The Morgan fingerprint density at radius 2 is 1.62 bits per heavy atom. The van der Waals surface area contributed by atoms with Crippen molar-refractivity contribution in [3.63, 3.8) is 0 Å². The van der Waals surface area contributed by atoms with Gasteiger partial charge in [0.25, 0.3) is 0 Å². The van der Waals surface area contributed by atoms with Gasteiger partial charge >= 0.3 is 12.4 Å². The Hall–Kier alpha value is -2.90. The minimum absolute atomic E-state index is 0.0963. The van der Waals surface area contributed by atoms with Gasteiger partial charge in [-0.25, -0.2) is 9.18 Å². The Labute approximate surface area is 147 Å². The van der Waals surface area contributed by atoms with Crippen LogP contribution in [0.1, 0.15) is 20.8 Å². The Kier molecular flexibility index (Phi) is 4.01. The molecule has 1 aliphatic heterocycles. The van der Waals surface area contributed by atoms with E-state index < -0.39 is 23.7 Å². The van der Waals surface area contributed by atoms with E-state index >= 15 is 0 Å². The van der Waals surface area contributed by atoms with Gasteiger partial charge in [0.1, 0.15) is 5.82 Å². The zero-order chi connectivity index (χ0) is 19.3. The van der Waals surface area contributed by atoms with Gasteiger partial charge in [0.15, 0.2) is 11.5 Å². The number of nitrogens with zero attached hydrogens (tertiary/aromatic N) is 1. The van der Waals surface area contributed by atoms with Crippen LogP contribution in [0.25, 0.3) is 11.1 Å². The van der Waals surface area contributed by atoms with Crippen molar-refractivity contribution in [2.24, 2.45) is 0 Å². The van der Waals surface area contributed by atoms with E-state index in [0.717, 1.165) is 11.0 Å². The predicted molar refractivity (Wildman–Crippen MR) is 88.3 cm³/mol. The first-order valence-electron chi connectivity index (χ1n) is 7.71. The zero-order valence-corrected chi connectivity index (χ0v) is 14.2. The smallest absolute Gasteiger partial charge is 0.465 e. The van der Waals surface area contributed by atoms with Gasteiger partial charge in [-0.3, -0.25) is 4.90 Å². The highest BCUT2D eigenvalue weighted by atomic mass is 19.3. The van der Waals surface area contributed by atoms with Crippen LogP contribution in [0.5, 0.6) is 11.5 Å². The number of fused-ring (bicyclic) bond motifs is 1. The normalized spacial score (nSPS) is 15.0. The molecule has 3 rings (SSSR count). The lowest BCUT2D eigenvalue weighted by Crippen LogP contribution is -2.45. The molecule has 0 atom stereocenters. The number of rotatable bonds is 2. The highest BCUT2D eigenvalue weighted by Gasteiger charge is 2.43. The van der Waals surface area contributed by atoms with Crippen LogP contribution in [-0.4, -0.2) is 23.0 Å². The summed E-state index contributed by atoms with van der Waals surface area (Å²) in [6, 6.07) is 8.09. The van der Waals surface area contributed by atoms with Gasteiger partial charge in [0, 0.05) is 5.54 Å². The van der Waals surface area contributed by atoms with E-state index in [9.17, 15) is 23.1 Å². The third kappa shape index (κ3) is 3.26. The SMILES string of the molecule is CC(C)(C)N(C(=O)O)c1ccc(-c2ccc3c(c2)OC(F)(F)O3)cc1F. The molecule has 2 aromatic carbocycles. The molecule has 138 valence electrons. The van der Waals surface area contributed by atoms with Crippen molar-refractivity contribution in [1.29, 1.82) is 0 Å². The molecule has 8 heteroatoms. The second-order valence-electron chi connectivity index (χ2n) is 6.78. The lowest BCUT2D eigenvalue weighted by molar-refractivity contribution is -0.286. The van der Waals surface area contributed by atoms with Gasteiger partial charge in [-0.15, -0.1) is 8.78 Å². The van der Waals surface area contributed by atoms with Crippen molar-refractivity contribution >= 4 is 11.8 Å². The lowest BCUT2D eigenvalue weighted by atomic mass is 10.0. The molecule has 0 spiro atoms. The number of amides is 1. The molecule has 0 aliphatic carbocycles. The first kappa shape index (κ1) is 17.9. The van der Waals surface area contributed by atoms with Crippen LogP contribution in [0.3, 0.4) is 0 Å². The van der Waals surface area contributed by atoms with Crippen LogP contribution in [0.15, 0.2) is 36.4 Å². The summed E-state index contributed by atoms with van der Waals surface area (Å²) in [5.41, 5.74) is -0.139. The van der Waals surface area contributed by atoms with Gasteiger partial charge in [-0.2, -0.15) is 0 Å². The van der Waals surface area contributed by atoms with E-state index in [2.05, 4.69) is 9.47 Å². The molecule has 0 unspecified atom stereocenters. The minimum Gasteiger partial charge on any atom is -0.465 e. The quantitative estimate of drug-likeness (QED) is 0.803. The van der Waals surface area contributed by atoms with Gasteiger partial charge in [0.2, 0.25) is 0 Å². The minimum atomic E-state index is -3.73. The van der Waals surface area contributed by atoms with Crippen LogP contribution < -0.4 is 14.4 Å². The third-order valence-electron chi connectivity index (χ3n) is 3.79. The molecular formula is C18H16F3NO4. The molecular weight excluding hydrogens is 351 g/mol. The molecule has 0 bridgehead atoms. The molecule has 1 heterocycles. The first-order chi connectivity index (χ1) is 12.0. The van der Waals surface area contributed by atoms with Crippen LogP contribution in [0, 0.1) is 5.82 Å². The largest absolute Gasteiger partial charge is 0.586 e. The maximum atomic E-state index is 14.6. The van der Waals surface area contributed by atoms with Gasteiger partial charge in [-0.05, 0) is 56.2 Å². The van der Waals surface area contributed by atoms with E-state index in [1.807, 2.05) is 0 Å². The monoisotopic (exact) mass is 367 g/mol. The maximum absolute atomic E-state index is 14.6. The van der Waals surface area contributed by atoms with Crippen molar-refractivity contribution < 1.29 is 32.5 Å². The zero-order valence-electron chi connectivity index (χ0n) is 14.2. The van der Waals surface area contributed by atoms with E-state index in [-0.39, 0.29) is 17.2 Å². The van der Waals surface area contributed by atoms with E-state index in [1.54, 1.807) is 20.8 Å². The summed E-state index contributed by atoms with van der Waals surface area (Å²) in [5, 5.41) is 9.39. The summed E-state index contributed by atoms with van der Waals surface area (Å²) in [6.45, 7) is 4.94. The summed E-state index contributed by atoms with van der Waals surface area (Å²) in [7, 11) is 0. The second-order valence-corrected chi connectivity index (χ2v) is 6.78. The van der Waals surface area contributed by atoms with Gasteiger partial charge in [0.05, 0.1) is 5.69 Å². The molecule has 0 saturated carbocycles. The number of hydrogen-bond donors (Lipinski definition) is 1. The van der Waals surface area contributed by atoms with Crippen molar-refractivity contribution in [1.82, 2.24) is 0 Å². The summed E-state index contributed by atoms with van der Waals surface area (Å²) in [4.78, 5) is 12.4. The highest BCUT2D eigenvalue weighted by Crippen LogP contribution is 2.43. The average Bonchev–Trinajstić information content (AvgIpc) is 2.80. The van der Waals surface area contributed by atoms with Crippen LogP contribution >= 0.6 is 0 Å². The highest BCUT2D eigenvalue weighted by molar-refractivity contribution is 5.88. The maximum Gasteiger partial charge on any atom is 0.586 e. The van der Waals surface area contributed by atoms with E-state index in [1.165, 1.54) is 30.3 Å². The number of anilines is 1. The molecule has 0 saturated heterocycles. The number of carbonyl (C=O) groups is 1. The Morgan fingerprint density at radius 1 is 1.04 bits per heavy atom. The molecule has 26 heavy (non-hydrogen) atoms. The van der Waals surface area contributed by atoms with Crippen LogP contribution in [-0.2, 0) is 0 Å². The standard InChI is InChI=1S/C18H16F3NO4/c1-17(2,3)22(16(23)24)13-6-4-10(8-12(13)19)11-5-7-14-15(9-11)26-18(20,21)25-14/h4-9H,1-3H3,(H,23,24). The Bertz CT molecular complexity index is 877. The molecule has 0 aromatic heterocycles. The lowest BCUT2D eigenvalue weighted by Gasteiger charge is -2.33. The van der Waals surface area contributed by atoms with Crippen molar-refractivity contribution in [2.75, 3.05) is 4.90 Å². The fourth-order valence-corrected chi connectivity index (χ4v) is 2.75. The van der Waals surface area contributed by atoms with Crippen LogP contribution in [0.2, 0.25) is 0 Å². The fraction of sp³-hybridized carbons (Fsp3) is 0.278. The Morgan fingerprint density at radius 3 is 2.19 bits per heavy atom. The summed E-state index contributed by atoms with van der Waals surface area (Å²) >= 11 is 0. The molecule has 1 amide bonds. The van der Waals surface area contributed by atoms with E-state index in [4.69, 9.17) is 0 Å². The van der Waals surface area contributed by atoms with Gasteiger partial charge in [-0.1, -0.05) is 12.1 Å². The van der Waals surface area contributed by atoms with Crippen molar-refractivity contribution in [3.05, 3.63) is 42.2 Å². The Balaban J connectivity index is 1.98. The molecule has 2 aromatic rings. The number of ether oxygens (including phenoxy) is 2. The fourth-order valence-electron chi connectivity index (χ4n) is 2.75. The molecule has 5 nitrogen and oxygen atoms in total. The average molecular weight is 367 g/mol. The number of alkyl halides is 2. The summed E-state index contributed by atoms with van der Waals surface area (Å²) in [5.74, 6) is -1.01. The van der Waals surface area contributed by atoms with Gasteiger partial charge < -0.3 is 14.6 Å². The molecule has 0 fully saturated rings. The van der Waals surface area contributed by atoms with Crippen LogP contribution in [0.4, 0.5) is 23.7 Å². The topological polar surface area (TPSA) is 59.0 Å². The van der Waals surface area contributed by atoms with Crippen molar-refractivity contribution in [2.45, 2.75) is 32.6 Å². The molecule has 1 aliphatic rings. The predicted octanol–water partition coefficient (Wildman–Crippen LogP) is 5.10. The number of hydrogen-bond acceptors (Lipinski definition) is 3. The van der Waals surface area contributed by atoms with Crippen molar-refractivity contribution in [3.8, 4) is 22.6 Å². The first-order valence-corrected chi connectivity index (χ1v) is 7.71. The summed E-state index contributed by atoms with van der Waals surface area (Å²) < 4.78 is 49.5. The molecule has 0 radical (unpaired) electrons. The number of halogens is 3.